The first-order valence-corrected chi connectivity index (χ1v) is 7.86. The molecule has 0 amide bonds. The van der Waals surface area contributed by atoms with Gasteiger partial charge in [0.05, 0.1) is 6.61 Å². The van der Waals surface area contributed by atoms with Gasteiger partial charge in [-0.25, -0.2) is 0 Å². The van der Waals surface area contributed by atoms with Crippen LogP contribution < -0.4 is 5.32 Å². The third-order valence-corrected chi connectivity index (χ3v) is 5.18. The molecule has 3 heteroatoms. The van der Waals surface area contributed by atoms with Gasteiger partial charge in [-0.1, -0.05) is 13.8 Å². The van der Waals surface area contributed by atoms with Crippen molar-refractivity contribution in [3.8, 4) is 0 Å². The molecule has 0 aromatic rings. The molecule has 18 heavy (non-hydrogen) atoms. The second kappa shape index (κ2) is 5.48. The van der Waals surface area contributed by atoms with Crippen LogP contribution in [0.2, 0.25) is 0 Å². The van der Waals surface area contributed by atoms with Gasteiger partial charge in [0.25, 0.3) is 0 Å². The van der Waals surface area contributed by atoms with E-state index in [9.17, 15) is 0 Å². The van der Waals surface area contributed by atoms with Crippen molar-refractivity contribution in [3.63, 3.8) is 0 Å². The molecule has 1 N–H and O–H groups in total. The highest BCUT2D eigenvalue weighted by molar-refractivity contribution is 4.97. The van der Waals surface area contributed by atoms with Gasteiger partial charge >= 0.3 is 0 Å². The zero-order valence-electron chi connectivity index (χ0n) is 11.9. The maximum atomic E-state index is 5.62. The summed E-state index contributed by atoms with van der Waals surface area (Å²) in [5.74, 6) is 1.67. The number of nitrogens with one attached hydrogen (secondary N) is 1. The predicted molar refractivity (Wildman–Crippen MR) is 73.7 cm³/mol. The molecule has 0 spiro atoms. The number of hydrogen-bond donors (Lipinski definition) is 1. The second-order valence-electron chi connectivity index (χ2n) is 6.52. The van der Waals surface area contributed by atoms with Crippen molar-refractivity contribution in [1.82, 2.24) is 10.2 Å². The lowest BCUT2D eigenvalue weighted by Crippen LogP contribution is -2.62. The summed E-state index contributed by atoms with van der Waals surface area (Å²) in [6.45, 7) is 9.09. The van der Waals surface area contributed by atoms with Crippen molar-refractivity contribution < 1.29 is 4.74 Å². The molecule has 4 unspecified atom stereocenters. The largest absolute Gasteiger partial charge is 0.381 e. The zero-order chi connectivity index (χ0) is 12.5. The number of hydrogen-bond acceptors (Lipinski definition) is 3. The van der Waals surface area contributed by atoms with Crippen LogP contribution in [0.5, 0.6) is 0 Å². The molecule has 0 radical (unpaired) electrons. The summed E-state index contributed by atoms with van der Waals surface area (Å²) in [6, 6.07) is 2.26. The van der Waals surface area contributed by atoms with Gasteiger partial charge in [0.15, 0.2) is 0 Å². The Morgan fingerprint density at radius 3 is 2.78 bits per heavy atom. The van der Waals surface area contributed by atoms with Crippen molar-refractivity contribution in [2.75, 3.05) is 26.3 Å². The molecule has 3 aliphatic rings. The molecule has 104 valence electrons. The molecule has 3 nitrogen and oxygen atoms in total. The van der Waals surface area contributed by atoms with Crippen molar-refractivity contribution in [1.29, 1.82) is 0 Å². The second-order valence-corrected chi connectivity index (χ2v) is 6.52. The van der Waals surface area contributed by atoms with Crippen LogP contribution in [0.3, 0.4) is 0 Å². The lowest BCUT2D eigenvalue weighted by Gasteiger charge is -2.48. The summed E-state index contributed by atoms with van der Waals surface area (Å²) in [5.41, 5.74) is 0. The van der Waals surface area contributed by atoms with E-state index in [1.165, 1.54) is 38.8 Å². The average molecular weight is 252 g/mol. The fourth-order valence-corrected chi connectivity index (χ4v) is 3.81. The van der Waals surface area contributed by atoms with Gasteiger partial charge in [0.1, 0.15) is 0 Å². The maximum Gasteiger partial charge on any atom is 0.0506 e. The van der Waals surface area contributed by atoms with E-state index in [1.54, 1.807) is 0 Å². The Balaban J connectivity index is 1.68. The first-order chi connectivity index (χ1) is 8.79. The molecular weight excluding hydrogens is 224 g/mol. The van der Waals surface area contributed by atoms with Crippen LogP contribution in [-0.4, -0.2) is 49.3 Å². The Hall–Kier alpha value is -0.120. The fourth-order valence-electron chi connectivity index (χ4n) is 3.81. The number of nitrogens with zero attached hydrogens (tertiary/aromatic N) is 1. The first-order valence-electron chi connectivity index (χ1n) is 7.86. The van der Waals surface area contributed by atoms with E-state index in [4.69, 9.17) is 4.74 Å². The van der Waals surface area contributed by atoms with E-state index in [1.807, 2.05) is 0 Å². The molecule has 1 aliphatic carbocycles. The summed E-state index contributed by atoms with van der Waals surface area (Å²) in [7, 11) is 0. The standard InChI is InChI=1S/C15H28N2O/c1-3-13-8-16-14(12-4-5-12)9-17(13)15-6-7-18-10-11(15)2/h11-16H,3-10H2,1-2H3. The van der Waals surface area contributed by atoms with Crippen LogP contribution in [0, 0.1) is 11.8 Å². The summed E-state index contributed by atoms with van der Waals surface area (Å²) in [4.78, 5) is 2.83. The maximum absolute atomic E-state index is 5.62. The third kappa shape index (κ3) is 2.59. The average Bonchev–Trinajstić information content (AvgIpc) is 3.23. The Morgan fingerprint density at radius 2 is 2.11 bits per heavy atom. The molecule has 2 saturated heterocycles. The summed E-state index contributed by atoms with van der Waals surface area (Å²) >= 11 is 0. The topological polar surface area (TPSA) is 24.5 Å². The van der Waals surface area contributed by atoms with E-state index >= 15 is 0 Å². The van der Waals surface area contributed by atoms with E-state index in [2.05, 4.69) is 24.1 Å². The molecule has 0 bridgehead atoms. The highest BCUT2D eigenvalue weighted by Gasteiger charge is 2.40. The van der Waals surface area contributed by atoms with Crippen molar-refractivity contribution in [2.24, 2.45) is 11.8 Å². The van der Waals surface area contributed by atoms with Gasteiger partial charge < -0.3 is 10.1 Å². The van der Waals surface area contributed by atoms with Crippen molar-refractivity contribution >= 4 is 0 Å². The highest BCUT2D eigenvalue weighted by Crippen LogP contribution is 2.36. The molecule has 3 rings (SSSR count). The first kappa shape index (κ1) is 12.9. The number of rotatable bonds is 3. The number of piperazine rings is 1. The van der Waals surface area contributed by atoms with Gasteiger partial charge in [0.2, 0.25) is 0 Å². The summed E-state index contributed by atoms with van der Waals surface area (Å²) < 4.78 is 5.62. The summed E-state index contributed by atoms with van der Waals surface area (Å²) in [6.07, 6.45) is 5.40. The van der Waals surface area contributed by atoms with Gasteiger partial charge in [-0.15, -0.1) is 0 Å². The smallest absolute Gasteiger partial charge is 0.0506 e. The quantitative estimate of drug-likeness (QED) is 0.830. The molecule has 0 aromatic carbocycles. The van der Waals surface area contributed by atoms with E-state index in [0.29, 0.717) is 5.92 Å². The fraction of sp³-hybridized carbons (Fsp3) is 1.00. The monoisotopic (exact) mass is 252 g/mol. The molecule has 2 aliphatic heterocycles. The van der Waals surface area contributed by atoms with Crippen molar-refractivity contribution in [3.05, 3.63) is 0 Å². The van der Waals surface area contributed by atoms with Crippen LogP contribution in [-0.2, 0) is 4.74 Å². The number of ether oxygens (including phenoxy) is 1. The van der Waals surface area contributed by atoms with E-state index < -0.39 is 0 Å². The van der Waals surface area contributed by atoms with Crippen molar-refractivity contribution in [2.45, 2.75) is 57.7 Å². The molecule has 4 atom stereocenters. The Morgan fingerprint density at radius 1 is 1.28 bits per heavy atom. The zero-order valence-corrected chi connectivity index (χ0v) is 11.9. The van der Waals surface area contributed by atoms with Crippen LogP contribution in [0.25, 0.3) is 0 Å². The minimum Gasteiger partial charge on any atom is -0.381 e. The lowest BCUT2D eigenvalue weighted by molar-refractivity contribution is -0.0357. The highest BCUT2D eigenvalue weighted by atomic mass is 16.5. The third-order valence-electron chi connectivity index (χ3n) is 5.18. The lowest BCUT2D eigenvalue weighted by atomic mass is 9.91. The summed E-state index contributed by atoms with van der Waals surface area (Å²) in [5, 5.41) is 3.79. The predicted octanol–water partition coefficient (Wildman–Crippen LogP) is 1.87. The Labute approximate surface area is 111 Å². The SMILES string of the molecule is CCC1CNC(C2CC2)CN1C1CCOCC1C. The Kier molecular flexibility index (Phi) is 3.92. The van der Waals surface area contributed by atoms with Crippen LogP contribution in [0.15, 0.2) is 0 Å². The van der Waals surface area contributed by atoms with Crippen LogP contribution in [0.1, 0.15) is 39.5 Å². The molecular formula is C15H28N2O. The molecule has 2 heterocycles. The van der Waals surface area contributed by atoms with Crippen LogP contribution >= 0.6 is 0 Å². The Bertz CT molecular complexity index is 280. The van der Waals surface area contributed by atoms with Gasteiger partial charge in [-0.2, -0.15) is 0 Å². The minimum absolute atomic E-state index is 0.700. The molecule has 3 fully saturated rings. The van der Waals surface area contributed by atoms with E-state index in [-0.39, 0.29) is 0 Å². The van der Waals surface area contributed by atoms with Gasteiger partial charge in [0, 0.05) is 37.8 Å². The van der Waals surface area contributed by atoms with E-state index in [0.717, 1.165) is 37.3 Å². The normalized spacial score (nSPS) is 43.0. The van der Waals surface area contributed by atoms with Crippen LogP contribution in [0.4, 0.5) is 0 Å². The van der Waals surface area contributed by atoms with Gasteiger partial charge in [-0.05, 0) is 37.5 Å². The minimum atomic E-state index is 0.700. The molecule has 1 saturated carbocycles. The van der Waals surface area contributed by atoms with Gasteiger partial charge in [-0.3, -0.25) is 4.90 Å². The molecule has 0 aromatic heterocycles.